The number of hydrogen-bond acceptors (Lipinski definition) is 2. The van der Waals surface area contributed by atoms with E-state index in [4.69, 9.17) is 23.2 Å². The number of nitrogens with zero attached hydrogens (tertiary/aromatic N) is 1. The summed E-state index contributed by atoms with van der Waals surface area (Å²) in [5, 5.41) is 3.64. The normalized spacial score (nSPS) is 16.3. The SMILES string of the molecule is CC(NCCC(=O)N1CCCC1)c1cc(F)c(Cl)cc1Cl. The molecule has 1 aliphatic rings. The monoisotopic (exact) mass is 332 g/mol. The van der Waals surface area contributed by atoms with E-state index in [1.165, 1.54) is 12.1 Å². The topological polar surface area (TPSA) is 32.3 Å². The third-order valence-electron chi connectivity index (χ3n) is 3.75. The summed E-state index contributed by atoms with van der Waals surface area (Å²) in [5.74, 6) is -0.321. The molecule has 0 bridgehead atoms. The van der Waals surface area contributed by atoms with Crippen LogP contribution >= 0.6 is 23.2 Å². The lowest BCUT2D eigenvalue weighted by molar-refractivity contribution is -0.130. The van der Waals surface area contributed by atoms with Gasteiger partial charge in [-0.3, -0.25) is 4.79 Å². The number of benzene rings is 1. The number of nitrogens with one attached hydrogen (secondary N) is 1. The highest BCUT2D eigenvalue weighted by molar-refractivity contribution is 6.35. The average Bonchev–Trinajstić information content (AvgIpc) is 2.96. The van der Waals surface area contributed by atoms with E-state index in [0.717, 1.165) is 25.9 Å². The fourth-order valence-corrected chi connectivity index (χ4v) is 3.05. The van der Waals surface area contributed by atoms with E-state index in [1.54, 1.807) is 0 Å². The van der Waals surface area contributed by atoms with Crippen LogP contribution in [0.15, 0.2) is 12.1 Å². The Hall–Kier alpha value is -0.840. The summed E-state index contributed by atoms with van der Waals surface area (Å²) in [7, 11) is 0. The van der Waals surface area contributed by atoms with E-state index in [1.807, 2.05) is 11.8 Å². The molecule has 1 saturated heterocycles. The van der Waals surface area contributed by atoms with E-state index in [2.05, 4.69) is 5.32 Å². The largest absolute Gasteiger partial charge is 0.343 e. The van der Waals surface area contributed by atoms with Gasteiger partial charge in [0.2, 0.25) is 5.91 Å². The van der Waals surface area contributed by atoms with Gasteiger partial charge in [-0.2, -0.15) is 0 Å². The molecule has 6 heteroatoms. The van der Waals surface area contributed by atoms with Gasteiger partial charge in [0.05, 0.1) is 5.02 Å². The Morgan fingerprint density at radius 1 is 1.33 bits per heavy atom. The minimum atomic E-state index is -0.488. The fourth-order valence-electron chi connectivity index (χ4n) is 2.50. The third-order valence-corrected chi connectivity index (χ3v) is 4.37. The molecule has 1 heterocycles. The summed E-state index contributed by atoms with van der Waals surface area (Å²) in [6.45, 7) is 4.15. The zero-order valence-electron chi connectivity index (χ0n) is 12.0. The van der Waals surface area contributed by atoms with Crippen molar-refractivity contribution in [3.8, 4) is 0 Å². The van der Waals surface area contributed by atoms with Crippen molar-refractivity contribution in [3.63, 3.8) is 0 Å². The van der Waals surface area contributed by atoms with Crippen LogP contribution in [-0.4, -0.2) is 30.4 Å². The van der Waals surface area contributed by atoms with Crippen molar-refractivity contribution in [2.24, 2.45) is 0 Å². The number of likely N-dealkylation sites (tertiary alicyclic amines) is 1. The molecule has 1 atom stereocenters. The van der Waals surface area contributed by atoms with Gasteiger partial charge in [-0.05, 0) is 37.5 Å². The molecule has 1 unspecified atom stereocenters. The van der Waals surface area contributed by atoms with E-state index >= 15 is 0 Å². The summed E-state index contributed by atoms with van der Waals surface area (Å²) in [5.41, 5.74) is 0.646. The minimum absolute atomic E-state index is 0.0140. The molecule has 2 rings (SSSR count). The van der Waals surface area contributed by atoms with Gasteiger partial charge in [0, 0.05) is 37.1 Å². The predicted molar refractivity (Wildman–Crippen MR) is 83.3 cm³/mol. The Kier molecular flexibility index (Phi) is 5.85. The van der Waals surface area contributed by atoms with Crippen molar-refractivity contribution in [1.29, 1.82) is 0 Å². The summed E-state index contributed by atoms with van der Waals surface area (Å²) in [4.78, 5) is 13.8. The molecule has 116 valence electrons. The second-order valence-corrected chi connectivity index (χ2v) is 6.12. The summed E-state index contributed by atoms with van der Waals surface area (Å²) >= 11 is 11.8. The maximum atomic E-state index is 13.5. The molecule has 0 aromatic heterocycles. The highest BCUT2D eigenvalue weighted by atomic mass is 35.5. The molecule has 1 aliphatic heterocycles. The first kappa shape index (κ1) is 16.5. The molecule has 1 aromatic carbocycles. The Balaban J connectivity index is 1.85. The van der Waals surface area contributed by atoms with Crippen molar-refractivity contribution < 1.29 is 9.18 Å². The molecule has 0 radical (unpaired) electrons. The summed E-state index contributed by atoms with van der Waals surface area (Å²) < 4.78 is 13.5. The lowest BCUT2D eigenvalue weighted by Gasteiger charge is -2.18. The van der Waals surface area contributed by atoms with Gasteiger partial charge in [0.1, 0.15) is 5.82 Å². The standard InChI is InChI=1S/C15H19Cl2FN2O/c1-10(11-8-14(18)13(17)9-12(11)16)19-5-4-15(21)20-6-2-3-7-20/h8-10,19H,2-7H2,1H3. The van der Waals surface area contributed by atoms with Crippen LogP contribution < -0.4 is 5.32 Å². The minimum Gasteiger partial charge on any atom is -0.343 e. The predicted octanol–water partition coefficient (Wildman–Crippen LogP) is 3.80. The van der Waals surface area contributed by atoms with Crippen LogP contribution in [0, 0.1) is 5.82 Å². The number of amides is 1. The molecular formula is C15H19Cl2FN2O. The van der Waals surface area contributed by atoms with Gasteiger partial charge in [-0.25, -0.2) is 4.39 Å². The van der Waals surface area contributed by atoms with Gasteiger partial charge < -0.3 is 10.2 Å². The Bertz CT molecular complexity index is 519. The number of carbonyl (C=O) groups excluding carboxylic acids is 1. The molecule has 21 heavy (non-hydrogen) atoms. The Morgan fingerprint density at radius 3 is 2.67 bits per heavy atom. The smallest absolute Gasteiger partial charge is 0.223 e. The van der Waals surface area contributed by atoms with Gasteiger partial charge in [0.15, 0.2) is 0 Å². The van der Waals surface area contributed by atoms with Crippen LogP contribution in [-0.2, 0) is 4.79 Å². The van der Waals surface area contributed by atoms with Gasteiger partial charge in [0.25, 0.3) is 0 Å². The Labute approximate surface area is 134 Å². The summed E-state index contributed by atoms with van der Waals surface area (Å²) in [6.07, 6.45) is 2.63. The van der Waals surface area contributed by atoms with E-state index in [-0.39, 0.29) is 17.0 Å². The Morgan fingerprint density at radius 2 is 2.00 bits per heavy atom. The second-order valence-electron chi connectivity index (χ2n) is 5.30. The second kappa shape index (κ2) is 7.43. The molecule has 1 aromatic rings. The van der Waals surface area contributed by atoms with Crippen LogP contribution in [0.3, 0.4) is 0 Å². The van der Waals surface area contributed by atoms with E-state index < -0.39 is 5.82 Å². The number of rotatable bonds is 5. The highest BCUT2D eigenvalue weighted by Crippen LogP contribution is 2.28. The molecular weight excluding hydrogens is 314 g/mol. The quantitative estimate of drug-likeness (QED) is 0.832. The van der Waals surface area contributed by atoms with Crippen molar-refractivity contribution in [1.82, 2.24) is 10.2 Å². The van der Waals surface area contributed by atoms with Gasteiger partial charge in [-0.15, -0.1) is 0 Å². The van der Waals surface area contributed by atoms with Crippen LogP contribution in [0.1, 0.15) is 37.8 Å². The molecule has 0 aliphatic carbocycles. The van der Waals surface area contributed by atoms with E-state index in [0.29, 0.717) is 23.6 Å². The molecule has 1 amide bonds. The molecule has 0 saturated carbocycles. The zero-order chi connectivity index (χ0) is 15.4. The number of carbonyl (C=O) groups is 1. The summed E-state index contributed by atoms with van der Waals surface area (Å²) in [6, 6.07) is 2.60. The van der Waals surface area contributed by atoms with Crippen LogP contribution in [0.2, 0.25) is 10.0 Å². The average molecular weight is 333 g/mol. The zero-order valence-corrected chi connectivity index (χ0v) is 13.5. The molecule has 1 N–H and O–H groups in total. The molecule has 3 nitrogen and oxygen atoms in total. The van der Waals surface area contributed by atoms with Crippen molar-refractivity contribution in [2.45, 2.75) is 32.2 Å². The third kappa shape index (κ3) is 4.31. The van der Waals surface area contributed by atoms with Crippen LogP contribution in [0.4, 0.5) is 4.39 Å². The lowest BCUT2D eigenvalue weighted by atomic mass is 10.1. The lowest BCUT2D eigenvalue weighted by Crippen LogP contribution is -2.31. The highest BCUT2D eigenvalue weighted by Gasteiger charge is 2.18. The maximum Gasteiger partial charge on any atom is 0.223 e. The molecule has 1 fully saturated rings. The van der Waals surface area contributed by atoms with Crippen LogP contribution in [0.25, 0.3) is 0 Å². The van der Waals surface area contributed by atoms with Gasteiger partial charge >= 0.3 is 0 Å². The van der Waals surface area contributed by atoms with Crippen LogP contribution in [0.5, 0.6) is 0 Å². The van der Waals surface area contributed by atoms with E-state index in [9.17, 15) is 9.18 Å². The first-order valence-corrected chi connectivity index (χ1v) is 7.90. The van der Waals surface area contributed by atoms with Crippen molar-refractivity contribution in [2.75, 3.05) is 19.6 Å². The number of hydrogen-bond donors (Lipinski definition) is 1. The van der Waals surface area contributed by atoms with Crippen molar-refractivity contribution >= 4 is 29.1 Å². The number of halogens is 3. The first-order valence-electron chi connectivity index (χ1n) is 7.14. The fraction of sp³-hybridized carbons (Fsp3) is 0.533. The van der Waals surface area contributed by atoms with Gasteiger partial charge in [-0.1, -0.05) is 23.2 Å². The molecule has 0 spiro atoms. The van der Waals surface area contributed by atoms with Crippen molar-refractivity contribution in [3.05, 3.63) is 33.6 Å². The maximum absolute atomic E-state index is 13.5. The first-order chi connectivity index (χ1) is 9.99.